The second-order valence-corrected chi connectivity index (χ2v) is 10.7. The van der Waals surface area contributed by atoms with Gasteiger partial charge in [0, 0.05) is 13.1 Å². The van der Waals surface area contributed by atoms with E-state index in [1.54, 1.807) is 62.6 Å². The lowest BCUT2D eigenvalue weighted by Crippen LogP contribution is -2.52. The van der Waals surface area contributed by atoms with Crippen molar-refractivity contribution in [2.45, 2.75) is 44.7 Å². The highest BCUT2D eigenvalue weighted by atomic mass is 32.2. The minimum atomic E-state index is -4.09. The Morgan fingerprint density at radius 1 is 0.947 bits per heavy atom. The van der Waals surface area contributed by atoms with E-state index in [0.717, 1.165) is 9.87 Å². The number of nitrogens with one attached hydrogen (secondary N) is 1. The predicted octanol–water partition coefficient (Wildman–Crippen LogP) is 4.14. The fraction of sp³-hybridized carbons (Fsp3) is 0.310. The van der Waals surface area contributed by atoms with Crippen molar-refractivity contribution in [1.29, 1.82) is 0 Å². The number of carbonyl (C=O) groups excluding carboxylic acids is 2. The maximum atomic E-state index is 14.0. The van der Waals surface area contributed by atoms with E-state index in [1.165, 1.54) is 17.0 Å². The van der Waals surface area contributed by atoms with Gasteiger partial charge in [-0.1, -0.05) is 55.5 Å². The summed E-state index contributed by atoms with van der Waals surface area (Å²) in [5.41, 5.74) is 1.86. The third-order valence-corrected chi connectivity index (χ3v) is 7.99. The molecule has 0 spiro atoms. The van der Waals surface area contributed by atoms with Crippen LogP contribution < -0.4 is 14.4 Å². The molecule has 0 bridgehead atoms. The van der Waals surface area contributed by atoms with Crippen molar-refractivity contribution in [3.63, 3.8) is 0 Å². The van der Waals surface area contributed by atoms with Crippen LogP contribution in [0.1, 0.15) is 31.4 Å². The van der Waals surface area contributed by atoms with Crippen LogP contribution in [0.2, 0.25) is 0 Å². The third kappa shape index (κ3) is 6.72. The molecule has 0 aliphatic carbocycles. The standard InChI is InChI=1S/C29H35N3O5S/c1-5-26(29(34)30-6-2)31(20-23-14-12-15-24(19-23)37-4)28(33)21-32(27-18-11-10-13-22(27)3)38(35,36)25-16-8-7-9-17-25/h7-19,26H,5-6,20-21H2,1-4H3,(H,30,34)/t26-/m1/s1. The molecule has 0 radical (unpaired) electrons. The van der Waals surface area contributed by atoms with Gasteiger partial charge in [0.15, 0.2) is 0 Å². The van der Waals surface area contributed by atoms with Gasteiger partial charge in [0.25, 0.3) is 10.0 Å². The van der Waals surface area contributed by atoms with Crippen LogP contribution in [0.25, 0.3) is 0 Å². The lowest BCUT2D eigenvalue weighted by Gasteiger charge is -2.33. The van der Waals surface area contributed by atoms with Crippen molar-refractivity contribution in [2.75, 3.05) is 24.5 Å². The van der Waals surface area contributed by atoms with Crippen molar-refractivity contribution in [1.82, 2.24) is 10.2 Å². The number of para-hydroxylation sites is 1. The van der Waals surface area contributed by atoms with E-state index >= 15 is 0 Å². The molecule has 202 valence electrons. The van der Waals surface area contributed by atoms with Crippen LogP contribution in [-0.2, 0) is 26.2 Å². The summed E-state index contributed by atoms with van der Waals surface area (Å²) in [6.45, 7) is 5.48. The minimum absolute atomic E-state index is 0.0752. The molecular weight excluding hydrogens is 502 g/mol. The van der Waals surface area contributed by atoms with Crippen LogP contribution in [0.3, 0.4) is 0 Å². The Bertz CT molecular complexity index is 1350. The molecule has 0 heterocycles. The lowest BCUT2D eigenvalue weighted by atomic mass is 10.1. The van der Waals surface area contributed by atoms with Crippen molar-refractivity contribution < 1.29 is 22.7 Å². The second-order valence-electron chi connectivity index (χ2n) is 8.80. The lowest BCUT2D eigenvalue weighted by molar-refractivity contribution is -0.140. The molecule has 0 saturated heterocycles. The van der Waals surface area contributed by atoms with Gasteiger partial charge in [0.1, 0.15) is 18.3 Å². The zero-order valence-corrected chi connectivity index (χ0v) is 23.1. The molecule has 0 saturated carbocycles. The zero-order valence-electron chi connectivity index (χ0n) is 22.3. The summed E-state index contributed by atoms with van der Waals surface area (Å²) in [5, 5.41) is 2.80. The maximum absolute atomic E-state index is 14.0. The van der Waals surface area contributed by atoms with E-state index in [9.17, 15) is 18.0 Å². The number of hydrogen-bond donors (Lipinski definition) is 1. The molecule has 0 aliphatic heterocycles. The molecule has 0 fully saturated rings. The first-order valence-corrected chi connectivity index (χ1v) is 14.0. The van der Waals surface area contributed by atoms with Crippen LogP contribution in [0.15, 0.2) is 83.8 Å². The number of sulfonamides is 1. The first-order chi connectivity index (χ1) is 18.2. The van der Waals surface area contributed by atoms with Gasteiger partial charge in [0.05, 0.1) is 17.7 Å². The molecular formula is C29H35N3O5S. The summed E-state index contributed by atoms with van der Waals surface area (Å²) in [6, 6.07) is 21.5. The molecule has 0 aromatic heterocycles. The number of anilines is 1. The van der Waals surface area contributed by atoms with Gasteiger partial charge in [-0.15, -0.1) is 0 Å². The highest BCUT2D eigenvalue weighted by Crippen LogP contribution is 2.27. The maximum Gasteiger partial charge on any atom is 0.264 e. The first-order valence-electron chi connectivity index (χ1n) is 12.6. The molecule has 1 atom stereocenters. The molecule has 38 heavy (non-hydrogen) atoms. The largest absolute Gasteiger partial charge is 0.497 e. The van der Waals surface area contributed by atoms with Crippen LogP contribution in [0, 0.1) is 6.92 Å². The number of ether oxygens (including phenoxy) is 1. The normalized spacial score (nSPS) is 11.9. The third-order valence-electron chi connectivity index (χ3n) is 6.22. The Morgan fingerprint density at radius 2 is 1.63 bits per heavy atom. The van der Waals surface area contributed by atoms with E-state index in [1.807, 2.05) is 32.0 Å². The highest BCUT2D eigenvalue weighted by molar-refractivity contribution is 7.92. The summed E-state index contributed by atoms with van der Waals surface area (Å²) in [6.07, 6.45) is 0.358. The molecule has 3 rings (SSSR count). The van der Waals surface area contributed by atoms with Crippen molar-refractivity contribution in [3.05, 3.63) is 90.0 Å². The van der Waals surface area contributed by atoms with Gasteiger partial charge in [-0.25, -0.2) is 8.42 Å². The number of nitrogens with zero attached hydrogens (tertiary/aromatic N) is 2. The van der Waals surface area contributed by atoms with Crippen molar-refractivity contribution in [3.8, 4) is 5.75 Å². The van der Waals surface area contributed by atoms with E-state index in [0.29, 0.717) is 30.0 Å². The van der Waals surface area contributed by atoms with E-state index in [-0.39, 0.29) is 17.3 Å². The predicted molar refractivity (Wildman–Crippen MR) is 148 cm³/mol. The Hall–Kier alpha value is -3.85. The van der Waals surface area contributed by atoms with Crippen LogP contribution in [0.4, 0.5) is 5.69 Å². The van der Waals surface area contributed by atoms with Gasteiger partial charge in [-0.05, 0) is 61.7 Å². The minimum Gasteiger partial charge on any atom is -0.497 e. The smallest absolute Gasteiger partial charge is 0.264 e. The average Bonchev–Trinajstić information content (AvgIpc) is 2.92. The number of methoxy groups -OCH3 is 1. The van der Waals surface area contributed by atoms with E-state index in [2.05, 4.69) is 5.32 Å². The number of carbonyl (C=O) groups is 2. The Kier molecular flexibility index (Phi) is 9.90. The Labute approximate surface area is 225 Å². The second kappa shape index (κ2) is 13.1. The van der Waals surface area contributed by atoms with Crippen molar-refractivity contribution >= 4 is 27.5 Å². The van der Waals surface area contributed by atoms with Gasteiger partial charge >= 0.3 is 0 Å². The quantitative estimate of drug-likeness (QED) is 0.375. The number of benzene rings is 3. The molecule has 3 aromatic carbocycles. The molecule has 1 N–H and O–H groups in total. The monoisotopic (exact) mass is 537 g/mol. The van der Waals surface area contributed by atoms with Crippen LogP contribution in [0.5, 0.6) is 5.75 Å². The summed E-state index contributed by atoms with van der Waals surface area (Å²) in [4.78, 5) is 28.5. The molecule has 0 unspecified atom stereocenters. The van der Waals surface area contributed by atoms with Crippen molar-refractivity contribution in [2.24, 2.45) is 0 Å². The molecule has 3 aromatic rings. The van der Waals surface area contributed by atoms with Crippen LogP contribution in [-0.4, -0.2) is 51.4 Å². The van der Waals surface area contributed by atoms with E-state index in [4.69, 9.17) is 4.74 Å². The fourth-order valence-corrected chi connectivity index (χ4v) is 5.76. The number of hydrogen-bond acceptors (Lipinski definition) is 5. The Balaban J connectivity index is 2.07. The number of amides is 2. The summed E-state index contributed by atoms with van der Waals surface area (Å²) >= 11 is 0. The molecule has 9 heteroatoms. The molecule has 8 nitrogen and oxygen atoms in total. The number of likely N-dealkylation sites (N-methyl/N-ethyl adjacent to an activating group) is 1. The molecule has 2 amide bonds. The van der Waals surface area contributed by atoms with Gasteiger partial charge in [0.2, 0.25) is 11.8 Å². The number of aryl methyl sites for hydroxylation is 1. The number of rotatable bonds is 12. The van der Waals surface area contributed by atoms with Gasteiger partial charge < -0.3 is 15.0 Å². The summed E-state index contributed by atoms with van der Waals surface area (Å²) in [5.74, 6) is -0.164. The first kappa shape index (κ1) is 28.7. The summed E-state index contributed by atoms with van der Waals surface area (Å²) < 4.78 is 34.1. The topological polar surface area (TPSA) is 96.0 Å². The highest BCUT2D eigenvalue weighted by Gasteiger charge is 2.34. The Morgan fingerprint density at radius 3 is 2.26 bits per heavy atom. The van der Waals surface area contributed by atoms with Gasteiger partial charge in [-0.2, -0.15) is 0 Å². The van der Waals surface area contributed by atoms with Gasteiger partial charge in [-0.3, -0.25) is 13.9 Å². The average molecular weight is 538 g/mol. The molecule has 0 aliphatic rings. The fourth-order valence-electron chi connectivity index (χ4n) is 4.26. The van der Waals surface area contributed by atoms with E-state index < -0.39 is 28.5 Å². The van der Waals surface area contributed by atoms with Crippen LogP contribution >= 0.6 is 0 Å². The SMILES string of the molecule is CCNC(=O)[C@@H](CC)N(Cc1cccc(OC)c1)C(=O)CN(c1ccccc1C)S(=O)(=O)c1ccccc1. The summed E-state index contributed by atoms with van der Waals surface area (Å²) in [7, 11) is -2.53. The zero-order chi connectivity index (χ0) is 27.7.